The number of methoxy groups -OCH3 is 1. The van der Waals surface area contributed by atoms with E-state index in [0.717, 1.165) is 0 Å². The van der Waals surface area contributed by atoms with Gasteiger partial charge in [-0.1, -0.05) is 0 Å². The van der Waals surface area contributed by atoms with Gasteiger partial charge in [0.05, 0.1) is 6.04 Å². The normalized spacial score (nSPS) is 24.2. The predicted molar refractivity (Wildman–Crippen MR) is 145 cm³/mol. The molecule has 4 atom stereocenters. The fourth-order valence-electron chi connectivity index (χ4n) is 5.52. The van der Waals surface area contributed by atoms with Crippen molar-refractivity contribution in [3.05, 3.63) is 23.8 Å². The Labute approximate surface area is 255 Å². The molecule has 4 N–H and O–H groups in total. The summed E-state index contributed by atoms with van der Waals surface area (Å²) in [6, 6.07) is 2.87. The van der Waals surface area contributed by atoms with Crippen molar-refractivity contribution < 1.29 is 60.0 Å². The molecule has 4 rings (SSSR count). The number of carbonyl (C=O) groups excluding carboxylic acids is 2. The molecule has 0 aromatic heterocycles. The van der Waals surface area contributed by atoms with Gasteiger partial charge in [-0.2, -0.15) is 13.2 Å². The van der Waals surface area contributed by atoms with E-state index < -0.39 is 41.6 Å². The first-order valence-corrected chi connectivity index (χ1v) is 13.9. The van der Waals surface area contributed by atoms with Gasteiger partial charge in [0, 0.05) is 49.6 Å². The molecular weight excluding hydrogens is 618 g/mol. The topological polar surface area (TPSA) is 150 Å². The van der Waals surface area contributed by atoms with Crippen LogP contribution in [0.4, 0.5) is 26.3 Å². The SMILES string of the molecule is COCC[C@H]([C@@H]1C[C@H]1C(=O)NC1CC(C)(C)Oc2ccc(OC(F)(F)F)cc21)N1C(=N)NC(C)(C)CC1=O.O=C(O)C(F)(F)F. The van der Waals surface area contributed by atoms with Crippen LogP contribution in [0.3, 0.4) is 0 Å². The van der Waals surface area contributed by atoms with Crippen molar-refractivity contribution in [2.24, 2.45) is 11.8 Å². The third-order valence-electron chi connectivity index (χ3n) is 7.41. The number of ether oxygens (including phenoxy) is 3. The van der Waals surface area contributed by atoms with Gasteiger partial charge in [-0.05, 0) is 64.7 Å². The lowest BCUT2D eigenvalue weighted by Crippen LogP contribution is -2.63. The lowest BCUT2D eigenvalue weighted by atomic mass is 9.89. The Kier molecular flexibility index (Phi) is 10.3. The first-order chi connectivity index (χ1) is 20.5. The summed E-state index contributed by atoms with van der Waals surface area (Å²) in [7, 11) is 1.56. The summed E-state index contributed by atoms with van der Waals surface area (Å²) >= 11 is 0. The van der Waals surface area contributed by atoms with Gasteiger partial charge in [-0.3, -0.25) is 19.9 Å². The van der Waals surface area contributed by atoms with Gasteiger partial charge in [0.15, 0.2) is 5.96 Å². The van der Waals surface area contributed by atoms with E-state index in [1.807, 2.05) is 27.7 Å². The fraction of sp³-hybridized carbons (Fsp3) is 0.643. The maximum absolute atomic E-state index is 13.4. The van der Waals surface area contributed by atoms with Crippen LogP contribution in [0, 0.1) is 17.2 Å². The van der Waals surface area contributed by atoms with Crippen LogP contribution in [0.15, 0.2) is 18.2 Å². The van der Waals surface area contributed by atoms with Crippen molar-refractivity contribution in [1.82, 2.24) is 15.5 Å². The van der Waals surface area contributed by atoms with Crippen molar-refractivity contribution in [2.45, 2.75) is 89.1 Å². The van der Waals surface area contributed by atoms with Crippen LogP contribution in [0.1, 0.15) is 65.0 Å². The molecular formula is C28H36F6N4O7. The van der Waals surface area contributed by atoms with Gasteiger partial charge in [0.1, 0.15) is 17.1 Å². The molecule has 11 nitrogen and oxygen atoms in total. The van der Waals surface area contributed by atoms with Gasteiger partial charge in [-0.25, -0.2) is 4.79 Å². The van der Waals surface area contributed by atoms with E-state index in [0.29, 0.717) is 37.2 Å². The van der Waals surface area contributed by atoms with E-state index in [2.05, 4.69) is 15.4 Å². The Bertz CT molecular complexity index is 1280. The summed E-state index contributed by atoms with van der Waals surface area (Å²) in [5.74, 6) is -3.77. The Balaban J connectivity index is 0.000000707. The van der Waals surface area contributed by atoms with Crippen LogP contribution < -0.4 is 20.1 Å². The molecule has 1 aromatic rings. The molecule has 3 aliphatic rings. The second kappa shape index (κ2) is 12.9. The summed E-state index contributed by atoms with van der Waals surface area (Å²) in [6.45, 7) is 7.76. The number of guanidine groups is 1. The number of carbonyl (C=O) groups is 3. The van der Waals surface area contributed by atoms with E-state index >= 15 is 0 Å². The standard InChI is InChI=1S/C26H35F3N4O5.C2HF3O2/c1-24(2)13-21(34)33(23(30)32-24)19(8-9-36-5)15-11-16(15)22(35)31-18-12-25(3,4)38-20-7-6-14(10-17(18)20)37-26(27,28)29;3-2(4,5)1(6)7/h6-7,10,15-16,18-19H,8-9,11-13H2,1-5H3,(H2,30,32)(H,31,35);(H,6,7)/t15-,16-,18?,19-;/m1./s1. The van der Waals surface area contributed by atoms with Gasteiger partial charge >= 0.3 is 18.5 Å². The molecule has 2 fully saturated rings. The monoisotopic (exact) mass is 654 g/mol. The molecule has 1 saturated heterocycles. The number of benzene rings is 1. The summed E-state index contributed by atoms with van der Waals surface area (Å²) in [4.78, 5) is 36.7. The maximum Gasteiger partial charge on any atom is 0.573 e. The van der Waals surface area contributed by atoms with E-state index in [1.54, 1.807) is 7.11 Å². The number of halogens is 6. The molecule has 1 aromatic carbocycles. The smallest absolute Gasteiger partial charge is 0.487 e. The predicted octanol–water partition coefficient (Wildman–Crippen LogP) is 4.51. The van der Waals surface area contributed by atoms with Crippen LogP contribution in [-0.4, -0.2) is 77.2 Å². The fourth-order valence-corrected chi connectivity index (χ4v) is 5.52. The number of hydrogen-bond donors (Lipinski definition) is 4. The minimum atomic E-state index is -5.08. The van der Waals surface area contributed by atoms with Crippen molar-refractivity contribution in [3.8, 4) is 11.5 Å². The summed E-state index contributed by atoms with van der Waals surface area (Å²) < 4.78 is 85.4. The zero-order valence-corrected chi connectivity index (χ0v) is 25.2. The third-order valence-corrected chi connectivity index (χ3v) is 7.41. The van der Waals surface area contributed by atoms with Gasteiger partial charge in [0.25, 0.3) is 0 Å². The molecule has 1 unspecified atom stereocenters. The van der Waals surface area contributed by atoms with Crippen molar-refractivity contribution in [2.75, 3.05) is 13.7 Å². The van der Waals surface area contributed by atoms with Crippen LogP contribution in [0.2, 0.25) is 0 Å². The highest BCUT2D eigenvalue weighted by Crippen LogP contribution is 2.47. The number of amides is 2. The number of carboxylic acid groups (broad SMARTS) is 1. The average Bonchev–Trinajstić information content (AvgIpc) is 3.64. The first-order valence-electron chi connectivity index (χ1n) is 13.9. The number of nitrogens with one attached hydrogen (secondary N) is 3. The molecule has 252 valence electrons. The lowest BCUT2D eigenvalue weighted by Gasteiger charge is -2.42. The third kappa shape index (κ3) is 9.61. The number of nitrogens with zero attached hydrogens (tertiary/aromatic N) is 1. The lowest BCUT2D eigenvalue weighted by molar-refractivity contribution is -0.274. The molecule has 17 heteroatoms. The Morgan fingerprint density at radius 2 is 1.82 bits per heavy atom. The first kappa shape index (κ1) is 35.7. The number of aliphatic carboxylic acids is 1. The van der Waals surface area contributed by atoms with Crippen LogP contribution in [-0.2, 0) is 19.1 Å². The zero-order valence-electron chi connectivity index (χ0n) is 25.2. The van der Waals surface area contributed by atoms with Gasteiger partial charge in [-0.15, -0.1) is 13.2 Å². The molecule has 0 spiro atoms. The number of alkyl halides is 6. The highest BCUT2D eigenvalue weighted by atomic mass is 19.4. The summed E-state index contributed by atoms with van der Waals surface area (Å²) in [6.07, 6.45) is -8.37. The average molecular weight is 655 g/mol. The molecule has 2 aliphatic heterocycles. The van der Waals surface area contributed by atoms with E-state index in [-0.39, 0.29) is 41.9 Å². The number of rotatable bonds is 8. The van der Waals surface area contributed by atoms with Crippen LogP contribution in [0.5, 0.6) is 11.5 Å². The molecule has 0 bridgehead atoms. The van der Waals surface area contributed by atoms with Crippen molar-refractivity contribution in [3.63, 3.8) is 0 Å². The minimum absolute atomic E-state index is 0.00992. The highest BCUT2D eigenvalue weighted by Gasteiger charge is 2.53. The van der Waals surface area contributed by atoms with E-state index in [1.165, 1.54) is 23.1 Å². The molecule has 1 aliphatic carbocycles. The largest absolute Gasteiger partial charge is 0.573 e. The maximum atomic E-state index is 13.4. The Morgan fingerprint density at radius 1 is 1.20 bits per heavy atom. The quantitative estimate of drug-likeness (QED) is 0.299. The van der Waals surface area contributed by atoms with Gasteiger partial charge in [0.2, 0.25) is 11.8 Å². The Morgan fingerprint density at radius 3 is 2.36 bits per heavy atom. The molecule has 0 radical (unpaired) electrons. The number of fused-ring (bicyclic) bond motifs is 1. The molecule has 45 heavy (non-hydrogen) atoms. The van der Waals surface area contributed by atoms with Gasteiger partial charge < -0.3 is 30.0 Å². The summed E-state index contributed by atoms with van der Waals surface area (Å²) in [5.41, 5.74) is -0.781. The van der Waals surface area contributed by atoms with E-state index in [9.17, 15) is 35.9 Å². The summed E-state index contributed by atoms with van der Waals surface area (Å²) in [5, 5.41) is 21.6. The highest BCUT2D eigenvalue weighted by molar-refractivity contribution is 5.99. The second-order valence-corrected chi connectivity index (χ2v) is 12.3. The molecule has 1 saturated carbocycles. The minimum Gasteiger partial charge on any atom is -0.487 e. The van der Waals surface area contributed by atoms with Crippen LogP contribution >= 0.6 is 0 Å². The number of carboxylic acids is 1. The zero-order chi connectivity index (χ0) is 34.1. The van der Waals surface area contributed by atoms with Crippen molar-refractivity contribution >= 4 is 23.7 Å². The second-order valence-electron chi connectivity index (χ2n) is 12.3. The number of hydrogen-bond acceptors (Lipinski definition) is 7. The Hall–Kier alpha value is -3.76. The molecule has 2 heterocycles. The molecule has 2 amide bonds. The van der Waals surface area contributed by atoms with E-state index in [4.69, 9.17) is 24.8 Å². The van der Waals surface area contributed by atoms with Crippen molar-refractivity contribution in [1.29, 1.82) is 5.41 Å². The van der Waals surface area contributed by atoms with Crippen LogP contribution in [0.25, 0.3) is 0 Å².